The lowest BCUT2D eigenvalue weighted by Gasteiger charge is -2.17. The molecule has 0 aromatic carbocycles. The fourth-order valence-electron chi connectivity index (χ4n) is 1.08. The summed E-state index contributed by atoms with van der Waals surface area (Å²) in [6, 6.07) is 0. The maximum Gasteiger partial charge on any atom is 0.323 e. The molecule has 68 valence electrons. The first-order chi connectivity index (χ1) is 5.59. The highest BCUT2D eigenvalue weighted by atomic mass is 16.4. The van der Waals surface area contributed by atoms with E-state index in [1.807, 2.05) is 0 Å². The third-order valence-electron chi connectivity index (χ3n) is 1.95. The Bertz CT molecular complexity index is 198. The van der Waals surface area contributed by atoms with Crippen LogP contribution < -0.4 is 0 Å². The number of aliphatic carboxylic acids is 1. The molecule has 1 N–H and O–H groups in total. The Balaban J connectivity index is 2.36. The zero-order chi connectivity index (χ0) is 9.14. The largest absolute Gasteiger partial charge is 0.480 e. The number of carbonyl (C=O) groups is 2. The first kappa shape index (κ1) is 9.03. The Kier molecular flexibility index (Phi) is 2.68. The second-order valence-corrected chi connectivity index (χ2v) is 3.24. The quantitative estimate of drug-likeness (QED) is 0.663. The molecule has 0 bridgehead atoms. The van der Waals surface area contributed by atoms with Gasteiger partial charge in [-0.25, -0.2) is 0 Å². The van der Waals surface area contributed by atoms with Gasteiger partial charge >= 0.3 is 5.97 Å². The van der Waals surface area contributed by atoms with Crippen LogP contribution in [0.15, 0.2) is 0 Å². The van der Waals surface area contributed by atoms with E-state index in [0.29, 0.717) is 12.5 Å². The lowest BCUT2D eigenvalue weighted by molar-refractivity contribution is -0.143. The van der Waals surface area contributed by atoms with Gasteiger partial charge in [-0.1, -0.05) is 0 Å². The average Bonchev–Trinajstić information content (AvgIpc) is 2.68. The van der Waals surface area contributed by atoms with Crippen molar-refractivity contribution in [2.75, 3.05) is 13.1 Å². The van der Waals surface area contributed by atoms with Crippen molar-refractivity contribution in [1.82, 2.24) is 4.90 Å². The van der Waals surface area contributed by atoms with Crippen LogP contribution in [-0.4, -0.2) is 35.0 Å². The maximum absolute atomic E-state index is 10.9. The van der Waals surface area contributed by atoms with E-state index in [4.69, 9.17) is 5.11 Å². The normalized spacial score (nSPS) is 15.8. The Morgan fingerprint density at radius 2 is 2.08 bits per heavy atom. The van der Waals surface area contributed by atoms with E-state index in [1.165, 1.54) is 11.8 Å². The highest BCUT2D eigenvalue weighted by Gasteiger charge is 2.26. The van der Waals surface area contributed by atoms with E-state index >= 15 is 0 Å². The van der Waals surface area contributed by atoms with Gasteiger partial charge in [0.2, 0.25) is 5.91 Å². The molecule has 1 rings (SSSR count). The second-order valence-electron chi connectivity index (χ2n) is 3.24. The van der Waals surface area contributed by atoms with Gasteiger partial charge in [0.25, 0.3) is 0 Å². The Labute approximate surface area is 71.2 Å². The summed E-state index contributed by atoms with van der Waals surface area (Å²) in [6.45, 7) is 1.86. The molecule has 1 saturated carbocycles. The summed E-state index contributed by atoms with van der Waals surface area (Å²) in [7, 11) is 0. The Morgan fingerprint density at radius 3 is 2.42 bits per heavy atom. The lowest BCUT2D eigenvalue weighted by atomic mass is 10.3. The van der Waals surface area contributed by atoms with Gasteiger partial charge in [-0.05, 0) is 18.8 Å². The second kappa shape index (κ2) is 3.56. The smallest absolute Gasteiger partial charge is 0.323 e. The SMILES string of the molecule is CC(=O)N(CC(=O)O)CC1CC1. The first-order valence-electron chi connectivity index (χ1n) is 4.07. The summed E-state index contributed by atoms with van der Waals surface area (Å²) in [4.78, 5) is 22.6. The minimum absolute atomic E-state index is 0.149. The van der Waals surface area contributed by atoms with Crippen molar-refractivity contribution in [3.05, 3.63) is 0 Å². The molecule has 0 unspecified atom stereocenters. The Hall–Kier alpha value is -1.06. The number of carbonyl (C=O) groups excluding carboxylic acids is 1. The van der Waals surface area contributed by atoms with Crippen molar-refractivity contribution in [2.45, 2.75) is 19.8 Å². The van der Waals surface area contributed by atoms with E-state index in [2.05, 4.69) is 0 Å². The summed E-state index contributed by atoms with van der Waals surface area (Å²) < 4.78 is 0. The van der Waals surface area contributed by atoms with Crippen molar-refractivity contribution >= 4 is 11.9 Å². The van der Waals surface area contributed by atoms with Crippen LogP contribution in [0.4, 0.5) is 0 Å². The van der Waals surface area contributed by atoms with Crippen LogP contribution >= 0.6 is 0 Å². The molecule has 0 aromatic rings. The lowest BCUT2D eigenvalue weighted by Crippen LogP contribution is -2.35. The van der Waals surface area contributed by atoms with Gasteiger partial charge in [0.1, 0.15) is 6.54 Å². The highest BCUT2D eigenvalue weighted by Crippen LogP contribution is 2.29. The molecule has 0 spiro atoms. The van der Waals surface area contributed by atoms with Crippen molar-refractivity contribution < 1.29 is 14.7 Å². The van der Waals surface area contributed by atoms with Gasteiger partial charge in [-0.3, -0.25) is 9.59 Å². The topological polar surface area (TPSA) is 57.6 Å². The molecule has 4 nitrogen and oxygen atoms in total. The van der Waals surface area contributed by atoms with E-state index in [1.54, 1.807) is 0 Å². The molecule has 1 aliphatic carbocycles. The van der Waals surface area contributed by atoms with Crippen LogP contribution in [0.3, 0.4) is 0 Å². The van der Waals surface area contributed by atoms with Crippen molar-refractivity contribution in [1.29, 1.82) is 0 Å². The van der Waals surface area contributed by atoms with Crippen LogP contribution in [0, 0.1) is 5.92 Å². The van der Waals surface area contributed by atoms with Crippen LogP contribution in [0.2, 0.25) is 0 Å². The molecular weight excluding hydrogens is 158 g/mol. The Morgan fingerprint density at radius 1 is 1.50 bits per heavy atom. The van der Waals surface area contributed by atoms with Gasteiger partial charge in [0.15, 0.2) is 0 Å². The van der Waals surface area contributed by atoms with Gasteiger partial charge in [-0.2, -0.15) is 0 Å². The maximum atomic E-state index is 10.9. The van der Waals surface area contributed by atoms with Crippen LogP contribution in [-0.2, 0) is 9.59 Å². The zero-order valence-corrected chi connectivity index (χ0v) is 7.12. The van der Waals surface area contributed by atoms with Gasteiger partial charge in [-0.15, -0.1) is 0 Å². The standard InChI is InChI=1S/C8H13NO3/c1-6(10)9(5-8(11)12)4-7-2-3-7/h7H,2-5H2,1H3,(H,11,12). The van der Waals surface area contributed by atoms with Gasteiger partial charge in [0.05, 0.1) is 0 Å². The van der Waals surface area contributed by atoms with Crippen molar-refractivity contribution in [3.8, 4) is 0 Å². The molecule has 0 radical (unpaired) electrons. The van der Waals surface area contributed by atoms with E-state index < -0.39 is 5.97 Å². The number of amides is 1. The monoisotopic (exact) mass is 171 g/mol. The number of hydrogen-bond donors (Lipinski definition) is 1. The predicted octanol–water partition coefficient (Wildman–Crippen LogP) is 0.329. The van der Waals surface area contributed by atoms with Crippen LogP contribution in [0.1, 0.15) is 19.8 Å². The minimum atomic E-state index is -0.939. The number of rotatable bonds is 4. The molecule has 4 heteroatoms. The average molecular weight is 171 g/mol. The van der Waals surface area contributed by atoms with Crippen molar-refractivity contribution in [2.24, 2.45) is 5.92 Å². The summed E-state index contributed by atoms with van der Waals surface area (Å²) in [5.74, 6) is -0.539. The molecular formula is C8H13NO3. The third kappa shape index (κ3) is 2.90. The molecule has 1 amide bonds. The molecule has 0 aromatic heterocycles. The fourth-order valence-corrected chi connectivity index (χ4v) is 1.08. The zero-order valence-electron chi connectivity index (χ0n) is 7.12. The predicted molar refractivity (Wildman–Crippen MR) is 42.6 cm³/mol. The molecule has 0 saturated heterocycles. The minimum Gasteiger partial charge on any atom is -0.480 e. The molecule has 1 fully saturated rings. The summed E-state index contributed by atoms with van der Waals surface area (Å²) >= 11 is 0. The number of carboxylic acid groups (broad SMARTS) is 1. The number of hydrogen-bond acceptors (Lipinski definition) is 2. The molecule has 0 heterocycles. The summed E-state index contributed by atoms with van der Waals surface area (Å²) in [6.07, 6.45) is 2.26. The van der Waals surface area contributed by atoms with Crippen molar-refractivity contribution in [3.63, 3.8) is 0 Å². The van der Waals surface area contributed by atoms with E-state index in [0.717, 1.165) is 12.8 Å². The van der Waals surface area contributed by atoms with Gasteiger partial charge in [0, 0.05) is 13.5 Å². The van der Waals surface area contributed by atoms with E-state index in [9.17, 15) is 9.59 Å². The fraction of sp³-hybridized carbons (Fsp3) is 0.750. The molecule has 0 atom stereocenters. The molecule has 0 aliphatic heterocycles. The van der Waals surface area contributed by atoms with Crippen LogP contribution in [0.5, 0.6) is 0 Å². The van der Waals surface area contributed by atoms with Crippen LogP contribution in [0.25, 0.3) is 0 Å². The summed E-state index contributed by atoms with van der Waals surface area (Å²) in [5, 5.41) is 8.47. The number of carboxylic acids is 1. The molecule has 1 aliphatic rings. The third-order valence-corrected chi connectivity index (χ3v) is 1.95. The van der Waals surface area contributed by atoms with E-state index in [-0.39, 0.29) is 12.5 Å². The van der Waals surface area contributed by atoms with Gasteiger partial charge < -0.3 is 10.0 Å². The highest BCUT2D eigenvalue weighted by molar-refractivity contribution is 5.79. The number of nitrogens with zero attached hydrogens (tertiary/aromatic N) is 1. The molecule has 12 heavy (non-hydrogen) atoms. The summed E-state index contributed by atoms with van der Waals surface area (Å²) in [5.41, 5.74) is 0. The first-order valence-corrected chi connectivity index (χ1v) is 4.07.